The van der Waals surface area contributed by atoms with E-state index in [0.717, 1.165) is 0 Å². The van der Waals surface area contributed by atoms with Crippen molar-refractivity contribution in [3.8, 4) is 11.4 Å². The van der Waals surface area contributed by atoms with Crippen LogP contribution in [0, 0.1) is 0 Å². The van der Waals surface area contributed by atoms with Crippen molar-refractivity contribution in [2.24, 2.45) is 5.73 Å². The molecule has 0 bridgehead atoms. The Kier molecular flexibility index (Phi) is 5.95. The Labute approximate surface area is 167 Å². The second-order valence-electron chi connectivity index (χ2n) is 5.92. The minimum Gasteiger partial charge on any atom is -0.445 e. The van der Waals surface area contributed by atoms with Gasteiger partial charge in [-0.25, -0.2) is 4.79 Å². The first-order valence-corrected chi connectivity index (χ1v) is 8.38. The van der Waals surface area contributed by atoms with Gasteiger partial charge >= 0.3 is 18.2 Å². The van der Waals surface area contributed by atoms with Crippen LogP contribution in [0.1, 0.15) is 27.5 Å². The number of carbonyl (C=O) groups excluding carboxylic acids is 2. The number of primary amides is 1. The zero-order valence-corrected chi connectivity index (χ0v) is 15.1. The highest BCUT2D eigenvalue weighted by Crippen LogP contribution is 2.29. The third-order valence-electron chi connectivity index (χ3n) is 3.80. The van der Waals surface area contributed by atoms with Crippen molar-refractivity contribution in [3.05, 3.63) is 65.3 Å². The van der Waals surface area contributed by atoms with Crippen LogP contribution in [-0.2, 0) is 24.1 Å². The van der Waals surface area contributed by atoms with Crippen LogP contribution in [0.3, 0.4) is 0 Å². The van der Waals surface area contributed by atoms with Crippen LogP contribution in [0.5, 0.6) is 0 Å². The molecule has 0 atom stereocenters. The van der Waals surface area contributed by atoms with Crippen LogP contribution in [0.4, 0.5) is 18.0 Å². The van der Waals surface area contributed by atoms with Gasteiger partial charge in [0.25, 0.3) is 5.91 Å². The fourth-order valence-corrected chi connectivity index (χ4v) is 2.37. The lowest BCUT2D eigenvalue weighted by Gasteiger charge is -2.09. The van der Waals surface area contributed by atoms with Gasteiger partial charge in [0.1, 0.15) is 12.3 Å². The Morgan fingerprint density at radius 2 is 1.90 bits per heavy atom. The molecule has 3 rings (SSSR count). The highest BCUT2D eigenvalue weighted by molar-refractivity contribution is 5.92. The Hall–Kier alpha value is -3.96. The maximum atomic E-state index is 12.5. The molecule has 0 saturated carbocycles. The van der Waals surface area contributed by atoms with Crippen LogP contribution in [0.15, 0.2) is 47.1 Å². The van der Waals surface area contributed by atoms with Gasteiger partial charge in [0.15, 0.2) is 0 Å². The summed E-state index contributed by atoms with van der Waals surface area (Å²) in [4.78, 5) is 30.3. The number of nitrogens with zero attached hydrogens (tertiary/aromatic N) is 3. The molecule has 30 heavy (non-hydrogen) atoms. The molecular weight excluding hydrogens is 407 g/mol. The lowest BCUT2D eigenvalue weighted by Crippen LogP contribution is -2.24. The summed E-state index contributed by atoms with van der Waals surface area (Å²) in [5.74, 6) is -2.37. The summed E-state index contributed by atoms with van der Waals surface area (Å²) in [7, 11) is 0. The number of ether oxygens (including phenoxy) is 1. The fourth-order valence-electron chi connectivity index (χ4n) is 2.37. The molecule has 0 aliphatic rings. The van der Waals surface area contributed by atoms with Gasteiger partial charge < -0.3 is 20.3 Å². The molecule has 156 valence electrons. The van der Waals surface area contributed by atoms with Gasteiger partial charge in [0.2, 0.25) is 5.82 Å². The number of nitrogens with one attached hydrogen (secondary N) is 1. The highest BCUT2D eigenvalue weighted by atomic mass is 19.4. The average Bonchev–Trinajstić information content (AvgIpc) is 3.22. The Morgan fingerprint density at radius 1 is 1.17 bits per heavy atom. The van der Waals surface area contributed by atoms with Crippen molar-refractivity contribution in [1.82, 2.24) is 20.4 Å². The molecule has 0 radical (unpaired) electrons. The van der Waals surface area contributed by atoms with E-state index in [2.05, 4.69) is 25.0 Å². The summed E-state index contributed by atoms with van der Waals surface area (Å²) >= 11 is 0. The lowest BCUT2D eigenvalue weighted by molar-refractivity contribution is -0.159. The summed E-state index contributed by atoms with van der Waals surface area (Å²) < 4.78 is 46.8. The smallest absolute Gasteiger partial charge is 0.445 e. The maximum absolute atomic E-state index is 12.5. The third-order valence-corrected chi connectivity index (χ3v) is 3.80. The van der Waals surface area contributed by atoms with Gasteiger partial charge in [0, 0.05) is 23.9 Å². The van der Waals surface area contributed by atoms with Crippen molar-refractivity contribution in [2.45, 2.75) is 19.3 Å². The van der Waals surface area contributed by atoms with E-state index in [4.69, 9.17) is 10.5 Å². The number of pyridine rings is 1. The van der Waals surface area contributed by atoms with Crippen molar-refractivity contribution in [3.63, 3.8) is 0 Å². The van der Waals surface area contributed by atoms with Crippen LogP contribution in [0.25, 0.3) is 11.4 Å². The van der Waals surface area contributed by atoms with Gasteiger partial charge in [-0.15, -0.1) is 0 Å². The normalized spacial score (nSPS) is 11.2. The van der Waals surface area contributed by atoms with Crippen LogP contribution in [0.2, 0.25) is 0 Å². The van der Waals surface area contributed by atoms with Gasteiger partial charge in [-0.3, -0.25) is 9.78 Å². The van der Waals surface area contributed by atoms with E-state index in [1.54, 1.807) is 24.3 Å². The van der Waals surface area contributed by atoms with Gasteiger partial charge in [-0.05, 0) is 11.6 Å². The van der Waals surface area contributed by atoms with E-state index in [-0.39, 0.29) is 24.7 Å². The molecule has 12 heteroatoms. The SMILES string of the molecule is NC(=O)c1ncccc1COC(=O)NCc1ccc(-c2noc(C(F)(F)F)n2)cc1. The van der Waals surface area contributed by atoms with E-state index in [9.17, 15) is 22.8 Å². The molecule has 0 aliphatic carbocycles. The first kappa shape index (κ1) is 20.8. The third kappa shape index (κ3) is 5.10. The lowest BCUT2D eigenvalue weighted by atomic mass is 10.1. The zero-order chi connectivity index (χ0) is 21.7. The van der Waals surface area contributed by atoms with Crippen molar-refractivity contribution >= 4 is 12.0 Å². The Morgan fingerprint density at radius 3 is 2.53 bits per heavy atom. The quantitative estimate of drug-likeness (QED) is 0.625. The van der Waals surface area contributed by atoms with Gasteiger partial charge in [-0.2, -0.15) is 18.2 Å². The van der Waals surface area contributed by atoms with E-state index in [1.165, 1.54) is 18.3 Å². The number of amides is 2. The molecule has 1 aromatic carbocycles. The van der Waals surface area contributed by atoms with E-state index < -0.39 is 24.1 Å². The molecule has 0 aliphatic heterocycles. The number of aromatic nitrogens is 3. The number of alkyl carbamates (subject to hydrolysis) is 1. The number of nitrogens with two attached hydrogens (primary N) is 1. The summed E-state index contributed by atoms with van der Waals surface area (Å²) in [5, 5.41) is 5.80. The largest absolute Gasteiger partial charge is 0.471 e. The van der Waals surface area contributed by atoms with E-state index in [1.807, 2.05) is 0 Å². The topological polar surface area (TPSA) is 133 Å². The number of carbonyl (C=O) groups is 2. The monoisotopic (exact) mass is 421 g/mol. The predicted molar refractivity (Wildman–Crippen MR) is 94.5 cm³/mol. The first-order chi connectivity index (χ1) is 14.2. The van der Waals surface area contributed by atoms with Crippen molar-refractivity contribution in [1.29, 1.82) is 0 Å². The zero-order valence-electron chi connectivity index (χ0n) is 15.1. The Bertz CT molecular complexity index is 1050. The fraction of sp³-hybridized carbons (Fsp3) is 0.167. The maximum Gasteiger partial charge on any atom is 0.471 e. The molecule has 2 heterocycles. The van der Waals surface area contributed by atoms with E-state index >= 15 is 0 Å². The molecular formula is C18H14F3N5O4. The molecule has 3 aromatic rings. The number of halogens is 3. The Balaban J connectivity index is 1.53. The second-order valence-corrected chi connectivity index (χ2v) is 5.92. The highest BCUT2D eigenvalue weighted by Gasteiger charge is 2.38. The molecule has 0 fully saturated rings. The van der Waals surface area contributed by atoms with E-state index in [0.29, 0.717) is 16.7 Å². The summed E-state index contributed by atoms with van der Waals surface area (Å²) in [5.41, 5.74) is 6.54. The van der Waals surface area contributed by atoms with Crippen LogP contribution >= 0.6 is 0 Å². The summed E-state index contributed by atoms with van der Waals surface area (Å²) in [6.07, 6.45) is -4.07. The number of hydrogen-bond donors (Lipinski definition) is 2. The second kappa shape index (κ2) is 8.59. The van der Waals surface area contributed by atoms with Crippen LogP contribution < -0.4 is 11.1 Å². The number of hydrogen-bond acceptors (Lipinski definition) is 7. The molecule has 2 amide bonds. The molecule has 2 aromatic heterocycles. The van der Waals surface area contributed by atoms with Crippen molar-refractivity contribution in [2.75, 3.05) is 0 Å². The standard InChI is InChI=1S/C18H14F3N5O4/c19-18(20,21)16-25-15(26-30-16)11-5-3-10(4-6-11)8-24-17(28)29-9-12-2-1-7-23-13(12)14(22)27/h1-7H,8-9H2,(H2,22,27)(H,24,28). The molecule has 0 saturated heterocycles. The predicted octanol–water partition coefficient (Wildman–Crippen LogP) is 2.68. The molecule has 0 unspecified atom stereocenters. The minimum absolute atomic E-state index is 0.0102. The van der Waals surface area contributed by atoms with Crippen molar-refractivity contribution < 1.29 is 32.0 Å². The first-order valence-electron chi connectivity index (χ1n) is 8.38. The molecule has 3 N–H and O–H groups in total. The van der Waals surface area contributed by atoms with Gasteiger partial charge in [0.05, 0.1) is 0 Å². The number of benzene rings is 1. The molecule has 0 spiro atoms. The number of alkyl halides is 3. The summed E-state index contributed by atoms with van der Waals surface area (Å²) in [6, 6.07) is 9.26. The number of rotatable bonds is 6. The van der Waals surface area contributed by atoms with Crippen LogP contribution in [-0.4, -0.2) is 27.1 Å². The molecule has 9 nitrogen and oxygen atoms in total. The minimum atomic E-state index is -4.72. The average molecular weight is 421 g/mol. The van der Waals surface area contributed by atoms with Gasteiger partial charge in [-0.1, -0.05) is 35.5 Å². The summed E-state index contributed by atoms with van der Waals surface area (Å²) in [6.45, 7) is -0.106.